The minimum absolute atomic E-state index is 0.0347. The fourth-order valence-electron chi connectivity index (χ4n) is 2.00. The number of carbonyl (C=O) groups is 1. The Morgan fingerprint density at radius 3 is 2.86 bits per heavy atom. The molecule has 0 bridgehead atoms. The van der Waals surface area contributed by atoms with Gasteiger partial charge in [0.1, 0.15) is 0 Å². The molecular formula is C10H15N3O. The molecule has 2 heterocycles. The van der Waals surface area contributed by atoms with Gasteiger partial charge in [-0.25, -0.2) is 0 Å². The standard InChI is InChI=1S/C10H15N3O/c11-6-8-2-1-5-13(7-8)10(14)9-3-4-12-9/h8-9,12H,1-5,7H2. The Morgan fingerprint density at radius 2 is 2.29 bits per heavy atom. The van der Waals surface area contributed by atoms with E-state index in [1.165, 1.54) is 0 Å². The lowest BCUT2D eigenvalue weighted by Gasteiger charge is -2.36. The third-order valence-corrected chi connectivity index (χ3v) is 3.04. The van der Waals surface area contributed by atoms with E-state index in [0.717, 1.165) is 32.4 Å². The molecule has 2 aliphatic rings. The number of piperidine rings is 1. The van der Waals surface area contributed by atoms with E-state index in [9.17, 15) is 4.79 Å². The molecular weight excluding hydrogens is 178 g/mol. The first-order valence-corrected chi connectivity index (χ1v) is 5.23. The maximum absolute atomic E-state index is 11.8. The highest BCUT2D eigenvalue weighted by molar-refractivity contribution is 5.82. The van der Waals surface area contributed by atoms with Crippen molar-refractivity contribution in [2.24, 2.45) is 5.92 Å². The molecule has 2 aliphatic heterocycles. The Labute approximate surface area is 83.9 Å². The first-order chi connectivity index (χ1) is 6.81. The Morgan fingerprint density at radius 1 is 1.50 bits per heavy atom. The molecule has 0 radical (unpaired) electrons. The van der Waals surface area contributed by atoms with Crippen LogP contribution in [0, 0.1) is 17.2 Å². The molecule has 2 atom stereocenters. The van der Waals surface area contributed by atoms with E-state index < -0.39 is 0 Å². The molecule has 2 saturated heterocycles. The normalized spacial score (nSPS) is 31.8. The maximum Gasteiger partial charge on any atom is 0.239 e. The average Bonchev–Trinajstić information content (AvgIpc) is 2.15. The molecule has 4 nitrogen and oxygen atoms in total. The first kappa shape index (κ1) is 9.47. The van der Waals surface area contributed by atoms with Crippen molar-refractivity contribution in [2.45, 2.75) is 25.3 Å². The highest BCUT2D eigenvalue weighted by Crippen LogP contribution is 2.17. The molecule has 14 heavy (non-hydrogen) atoms. The third kappa shape index (κ3) is 1.73. The number of rotatable bonds is 1. The molecule has 0 aliphatic carbocycles. The minimum atomic E-state index is 0.0347. The molecule has 0 aromatic carbocycles. The molecule has 2 rings (SSSR count). The SMILES string of the molecule is N#CC1CCCN(C(=O)C2CCN2)C1. The first-order valence-electron chi connectivity index (χ1n) is 5.23. The fourth-order valence-corrected chi connectivity index (χ4v) is 2.00. The van der Waals surface area contributed by atoms with Gasteiger partial charge in [-0.05, 0) is 25.8 Å². The van der Waals surface area contributed by atoms with Crippen molar-refractivity contribution in [3.05, 3.63) is 0 Å². The monoisotopic (exact) mass is 193 g/mol. The number of hydrogen-bond acceptors (Lipinski definition) is 3. The van der Waals surface area contributed by atoms with E-state index in [2.05, 4.69) is 11.4 Å². The van der Waals surface area contributed by atoms with Crippen LogP contribution in [0.2, 0.25) is 0 Å². The molecule has 76 valence electrons. The van der Waals surface area contributed by atoms with E-state index in [-0.39, 0.29) is 17.9 Å². The highest BCUT2D eigenvalue weighted by atomic mass is 16.2. The zero-order chi connectivity index (χ0) is 9.97. The zero-order valence-corrected chi connectivity index (χ0v) is 8.20. The summed E-state index contributed by atoms with van der Waals surface area (Å²) in [4.78, 5) is 13.6. The van der Waals surface area contributed by atoms with E-state index >= 15 is 0 Å². The number of hydrogen-bond donors (Lipinski definition) is 1. The topological polar surface area (TPSA) is 56.1 Å². The van der Waals surface area contributed by atoms with Gasteiger partial charge in [0, 0.05) is 13.1 Å². The van der Waals surface area contributed by atoms with Crippen molar-refractivity contribution in [2.75, 3.05) is 19.6 Å². The van der Waals surface area contributed by atoms with Crippen LogP contribution in [-0.2, 0) is 4.79 Å². The van der Waals surface area contributed by atoms with E-state index in [1.807, 2.05) is 4.90 Å². The van der Waals surface area contributed by atoms with Crippen molar-refractivity contribution in [3.63, 3.8) is 0 Å². The second-order valence-electron chi connectivity index (χ2n) is 4.05. The van der Waals surface area contributed by atoms with Gasteiger partial charge in [0.05, 0.1) is 18.0 Å². The van der Waals surface area contributed by atoms with Crippen LogP contribution in [0.4, 0.5) is 0 Å². The summed E-state index contributed by atoms with van der Waals surface area (Å²) in [6.07, 6.45) is 2.86. The van der Waals surface area contributed by atoms with Crippen LogP contribution in [0.15, 0.2) is 0 Å². The Balaban J connectivity index is 1.90. The van der Waals surface area contributed by atoms with Gasteiger partial charge < -0.3 is 10.2 Å². The lowest BCUT2D eigenvalue weighted by Crippen LogP contribution is -2.56. The molecule has 0 aromatic rings. The molecule has 0 aromatic heterocycles. The summed E-state index contributed by atoms with van der Waals surface area (Å²) < 4.78 is 0. The summed E-state index contributed by atoms with van der Waals surface area (Å²) in [7, 11) is 0. The van der Waals surface area contributed by atoms with Crippen LogP contribution in [0.25, 0.3) is 0 Å². The molecule has 4 heteroatoms. The van der Waals surface area contributed by atoms with Gasteiger partial charge in [-0.2, -0.15) is 5.26 Å². The Kier molecular flexibility index (Phi) is 2.69. The number of likely N-dealkylation sites (tertiary alicyclic amines) is 1. The van der Waals surface area contributed by atoms with Gasteiger partial charge in [0.25, 0.3) is 0 Å². The largest absolute Gasteiger partial charge is 0.340 e. The van der Waals surface area contributed by atoms with Crippen LogP contribution in [0.3, 0.4) is 0 Å². The van der Waals surface area contributed by atoms with Crippen molar-refractivity contribution >= 4 is 5.91 Å². The van der Waals surface area contributed by atoms with E-state index in [1.54, 1.807) is 0 Å². The van der Waals surface area contributed by atoms with Gasteiger partial charge >= 0.3 is 0 Å². The van der Waals surface area contributed by atoms with Gasteiger partial charge in [0.15, 0.2) is 0 Å². The maximum atomic E-state index is 11.8. The highest BCUT2D eigenvalue weighted by Gasteiger charge is 2.31. The fraction of sp³-hybridized carbons (Fsp3) is 0.800. The van der Waals surface area contributed by atoms with E-state index in [4.69, 9.17) is 5.26 Å². The molecule has 0 spiro atoms. The number of amides is 1. The lowest BCUT2D eigenvalue weighted by atomic mass is 9.97. The predicted octanol–water partition coefficient (Wildman–Crippen LogP) is 0.110. The quantitative estimate of drug-likeness (QED) is 0.643. The van der Waals surface area contributed by atoms with Crippen LogP contribution in [-0.4, -0.2) is 36.5 Å². The smallest absolute Gasteiger partial charge is 0.239 e. The number of nitriles is 1. The van der Waals surface area contributed by atoms with E-state index in [0.29, 0.717) is 6.54 Å². The molecule has 1 N–H and O–H groups in total. The summed E-state index contributed by atoms with van der Waals surface area (Å²) in [5.41, 5.74) is 0. The summed E-state index contributed by atoms with van der Waals surface area (Å²) in [6.45, 7) is 2.41. The van der Waals surface area contributed by atoms with Crippen LogP contribution >= 0.6 is 0 Å². The predicted molar refractivity (Wildman–Crippen MR) is 51.3 cm³/mol. The van der Waals surface area contributed by atoms with Crippen LogP contribution in [0.5, 0.6) is 0 Å². The van der Waals surface area contributed by atoms with Crippen LogP contribution < -0.4 is 5.32 Å². The summed E-state index contributed by atoms with van der Waals surface area (Å²) in [5.74, 6) is 0.240. The summed E-state index contributed by atoms with van der Waals surface area (Å²) in [5, 5.41) is 11.9. The van der Waals surface area contributed by atoms with Gasteiger partial charge in [0.2, 0.25) is 5.91 Å². The summed E-state index contributed by atoms with van der Waals surface area (Å²) in [6, 6.07) is 2.28. The molecule has 0 saturated carbocycles. The van der Waals surface area contributed by atoms with Crippen molar-refractivity contribution in [3.8, 4) is 6.07 Å². The van der Waals surface area contributed by atoms with Gasteiger partial charge in [-0.15, -0.1) is 0 Å². The van der Waals surface area contributed by atoms with Crippen molar-refractivity contribution in [1.29, 1.82) is 5.26 Å². The van der Waals surface area contributed by atoms with Crippen molar-refractivity contribution < 1.29 is 4.79 Å². The molecule has 2 fully saturated rings. The van der Waals surface area contributed by atoms with Crippen molar-refractivity contribution in [1.82, 2.24) is 10.2 Å². The van der Waals surface area contributed by atoms with Gasteiger partial charge in [-0.1, -0.05) is 0 Å². The average molecular weight is 193 g/mol. The number of nitrogens with one attached hydrogen (secondary N) is 1. The Hall–Kier alpha value is -1.08. The lowest BCUT2D eigenvalue weighted by molar-refractivity contribution is -0.136. The molecule has 1 amide bonds. The number of carbonyl (C=O) groups excluding carboxylic acids is 1. The van der Waals surface area contributed by atoms with Crippen LogP contribution in [0.1, 0.15) is 19.3 Å². The minimum Gasteiger partial charge on any atom is -0.340 e. The second-order valence-corrected chi connectivity index (χ2v) is 4.05. The third-order valence-electron chi connectivity index (χ3n) is 3.04. The Bertz CT molecular complexity index is 267. The summed E-state index contributed by atoms with van der Waals surface area (Å²) >= 11 is 0. The number of nitrogens with zero attached hydrogens (tertiary/aromatic N) is 2. The molecule has 2 unspecified atom stereocenters. The zero-order valence-electron chi connectivity index (χ0n) is 8.20. The second kappa shape index (κ2) is 3.97. The van der Waals surface area contributed by atoms with Gasteiger partial charge in [-0.3, -0.25) is 4.79 Å².